The Morgan fingerprint density at radius 1 is 0.879 bits per heavy atom. The normalized spacial score (nSPS) is 11.0. The summed E-state index contributed by atoms with van der Waals surface area (Å²) in [4.78, 5) is 0. The van der Waals surface area contributed by atoms with Crippen molar-refractivity contribution in [2.75, 3.05) is 42.0 Å². The van der Waals surface area contributed by atoms with Crippen LogP contribution < -0.4 is 18.9 Å². The van der Waals surface area contributed by atoms with Crippen LogP contribution >= 0.6 is 12.2 Å². The predicted octanol–water partition coefficient (Wildman–Crippen LogP) is 4.70. The zero-order valence-corrected chi connectivity index (χ0v) is 20.4. The highest BCUT2D eigenvalue weighted by atomic mass is 32.1. The standard InChI is InChI=1S/C23H29N3O6S/c1-14(2)16-10-17(20(32-13-28-4)11-19(16)31-12-27-3)22-24-25-23(33)26(22)15-7-8-18(29-5)21(9-15)30-6/h7-11,14H,12-13H2,1-6H3,(H,25,33). The Balaban J connectivity index is 2.22. The van der Waals surface area contributed by atoms with Crippen LogP contribution in [0.25, 0.3) is 17.1 Å². The summed E-state index contributed by atoms with van der Waals surface area (Å²) >= 11 is 5.56. The van der Waals surface area contributed by atoms with Crippen molar-refractivity contribution < 1.29 is 28.4 Å². The van der Waals surface area contributed by atoms with Crippen molar-refractivity contribution in [3.05, 3.63) is 40.7 Å². The second-order valence-corrected chi connectivity index (χ2v) is 7.76. The number of ether oxygens (including phenoxy) is 6. The number of benzene rings is 2. The monoisotopic (exact) mass is 475 g/mol. The first-order valence-corrected chi connectivity index (χ1v) is 10.7. The lowest BCUT2D eigenvalue weighted by Crippen LogP contribution is -2.07. The maximum atomic E-state index is 5.89. The summed E-state index contributed by atoms with van der Waals surface area (Å²) in [6, 6.07) is 9.34. The van der Waals surface area contributed by atoms with Crippen LogP contribution in [0.5, 0.6) is 23.0 Å². The molecule has 0 aliphatic heterocycles. The number of aromatic nitrogens is 3. The van der Waals surface area contributed by atoms with Gasteiger partial charge in [0.05, 0.1) is 25.5 Å². The van der Waals surface area contributed by atoms with Crippen molar-refractivity contribution in [1.29, 1.82) is 0 Å². The van der Waals surface area contributed by atoms with E-state index < -0.39 is 0 Å². The summed E-state index contributed by atoms with van der Waals surface area (Å²) in [5.41, 5.74) is 2.45. The number of methoxy groups -OCH3 is 4. The average Bonchev–Trinajstić information content (AvgIpc) is 3.21. The molecule has 10 heteroatoms. The zero-order chi connectivity index (χ0) is 24.0. The van der Waals surface area contributed by atoms with Crippen molar-refractivity contribution in [1.82, 2.24) is 14.8 Å². The maximum Gasteiger partial charge on any atom is 0.200 e. The quantitative estimate of drug-likeness (QED) is 0.315. The fraction of sp³-hybridized carbons (Fsp3) is 0.391. The van der Waals surface area contributed by atoms with Gasteiger partial charge in [0, 0.05) is 26.4 Å². The third kappa shape index (κ3) is 5.29. The molecule has 9 nitrogen and oxygen atoms in total. The molecule has 0 saturated carbocycles. The molecule has 0 unspecified atom stereocenters. The van der Waals surface area contributed by atoms with Crippen LogP contribution in [0.1, 0.15) is 25.3 Å². The summed E-state index contributed by atoms with van der Waals surface area (Å²) < 4.78 is 35.0. The van der Waals surface area contributed by atoms with E-state index in [2.05, 4.69) is 24.0 Å². The highest BCUT2D eigenvalue weighted by Crippen LogP contribution is 2.40. The number of aromatic amines is 1. The molecule has 0 aliphatic rings. The molecule has 1 aromatic heterocycles. The van der Waals surface area contributed by atoms with Gasteiger partial charge < -0.3 is 28.4 Å². The molecule has 0 atom stereocenters. The number of H-pyrrole nitrogens is 1. The van der Waals surface area contributed by atoms with Crippen molar-refractivity contribution in [3.63, 3.8) is 0 Å². The van der Waals surface area contributed by atoms with E-state index in [1.54, 1.807) is 28.4 Å². The van der Waals surface area contributed by atoms with E-state index in [0.29, 0.717) is 33.6 Å². The molecule has 1 N–H and O–H groups in total. The Bertz CT molecular complexity index is 1140. The number of hydrogen-bond donors (Lipinski definition) is 1. The van der Waals surface area contributed by atoms with E-state index in [-0.39, 0.29) is 19.5 Å². The lowest BCUT2D eigenvalue weighted by Gasteiger charge is -2.19. The van der Waals surface area contributed by atoms with Gasteiger partial charge in [-0.25, -0.2) is 0 Å². The molecule has 2 aromatic carbocycles. The third-order valence-electron chi connectivity index (χ3n) is 4.94. The van der Waals surface area contributed by atoms with Crippen LogP contribution in [0.3, 0.4) is 0 Å². The third-order valence-corrected chi connectivity index (χ3v) is 5.21. The lowest BCUT2D eigenvalue weighted by atomic mass is 9.98. The molecule has 3 aromatic rings. The highest BCUT2D eigenvalue weighted by molar-refractivity contribution is 7.71. The van der Waals surface area contributed by atoms with Gasteiger partial charge in [-0.1, -0.05) is 13.8 Å². The molecule has 178 valence electrons. The van der Waals surface area contributed by atoms with Gasteiger partial charge in [0.25, 0.3) is 0 Å². The summed E-state index contributed by atoms with van der Waals surface area (Å²) in [6.45, 7) is 4.34. The van der Waals surface area contributed by atoms with Crippen molar-refractivity contribution in [2.24, 2.45) is 0 Å². The largest absolute Gasteiger partial charge is 0.493 e. The number of nitrogens with one attached hydrogen (secondary N) is 1. The molecule has 0 bridgehead atoms. The molecular weight excluding hydrogens is 446 g/mol. The Morgan fingerprint density at radius 2 is 1.55 bits per heavy atom. The van der Waals surface area contributed by atoms with Crippen molar-refractivity contribution >= 4 is 12.2 Å². The van der Waals surface area contributed by atoms with E-state index in [1.807, 2.05) is 34.9 Å². The van der Waals surface area contributed by atoms with E-state index >= 15 is 0 Å². The van der Waals surface area contributed by atoms with Gasteiger partial charge in [-0.05, 0) is 41.9 Å². The highest BCUT2D eigenvalue weighted by Gasteiger charge is 2.21. The van der Waals surface area contributed by atoms with E-state index in [0.717, 1.165) is 16.8 Å². The Morgan fingerprint density at radius 3 is 2.15 bits per heavy atom. The summed E-state index contributed by atoms with van der Waals surface area (Å²) in [5.74, 6) is 3.12. The zero-order valence-electron chi connectivity index (χ0n) is 19.6. The van der Waals surface area contributed by atoms with Crippen LogP contribution in [0.2, 0.25) is 0 Å². The summed E-state index contributed by atoms with van der Waals surface area (Å²) in [6.07, 6.45) is 0. The Hall–Kier alpha value is -3.08. The van der Waals surface area contributed by atoms with Gasteiger partial charge in [-0.3, -0.25) is 9.67 Å². The van der Waals surface area contributed by atoms with Crippen LogP contribution in [-0.4, -0.2) is 56.8 Å². The molecule has 3 rings (SSSR count). The van der Waals surface area contributed by atoms with Gasteiger partial charge in [0.2, 0.25) is 0 Å². The first-order chi connectivity index (χ1) is 15.9. The second kappa shape index (κ2) is 11.2. The van der Waals surface area contributed by atoms with Crippen LogP contribution in [0.15, 0.2) is 30.3 Å². The molecule has 0 spiro atoms. The molecule has 33 heavy (non-hydrogen) atoms. The average molecular weight is 476 g/mol. The smallest absolute Gasteiger partial charge is 0.200 e. The van der Waals surface area contributed by atoms with Gasteiger partial charge in [-0.2, -0.15) is 5.10 Å². The van der Waals surface area contributed by atoms with Crippen LogP contribution in [0.4, 0.5) is 0 Å². The number of rotatable bonds is 11. The van der Waals surface area contributed by atoms with E-state index in [4.69, 9.17) is 40.6 Å². The maximum absolute atomic E-state index is 5.89. The van der Waals surface area contributed by atoms with E-state index in [9.17, 15) is 0 Å². The summed E-state index contributed by atoms with van der Waals surface area (Å²) in [7, 11) is 6.31. The van der Waals surface area contributed by atoms with Crippen molar-refractivity contribution in [3.8, 4) is 40.1 Å². The fourth-order valence-electron chi connectivity index (χ4n) is 3.37. The van der Waals surface area contributed by atoms with Gasteiger partial charge in [-0.15, -0.1) is 0 Å². The summed E-state index contributed by atoms with van der Waals surface area (Å²) in [5, 5.41) is 7.40. The Labute approximate surface area is 198 Å². The molecular formula is C23H29N3O6S. The first kappa shape index (κ1) is 24.6. The molecule has 0 aliphatic carbocycles. The predicted molar refractivity (Wildman–Crippen MR) is 126 cm³/mol. The fourth-order valence-corrected chi connectivity index (χ4v) is 3.61. The minimum atomic E-state index is 0.0548. The minimum Gasteiger partial charge on any atom is -0.493 e. The molecule has 0 amide bonds. The van der Waals surface area contributed by atoms with Gasteiger partial charge in [0.1, 0.15) is 11.5 Å². The topological polar surface area (TPSA) is 89.0 Å². The molecule has 1 heterocycles. The van der Waals surface area contributed by atoms with Crippen LogP contribution in [-0.2, 0) is 9.47 Å². The lowest BCUT2D eigenvalue weighted by molar-refractivity contribution is 0.0457. The van der Waals surface area contributed by atoms with Gasteiger partial charge in [0.15, 0.2) is 35.7 Å². The number of hydrogen-bond acceptors (Lipinski definition) is 8. The second-order valence-electron chi connectivity index (χ2n) is 7.37. The molecule has 0 fully saturated rings. The van der Waals surface area contributed by atoms with Gasteiger partial charge >= 0.3 is 0 Å². The van der Waals surface area contributed by atoms with Crippen molar-refractivity contribution in [2.45, 2.75) is 19.8 Å². The number of nitrogens with zero attached hydrogens (tertiary/aromatic N) is 2. The first-order valence-electron chi connectivity index (χ1n) is 10.3. The Kier molecular flexibility index (Phi) is 8.32. The minimum absolute atomic E-state index is 0.0548. The SMILES string of the molecule is COCOc1cc(OCOC)c(C(C)C)cc1-c1n[nH]c(=S)n1-c1ccc(OC)c(OC)c1. The molecule has 0 radical (unpaired) electrons. The molecule has 0 saturated heterocycles. The van der Waals surface area contributed by atoms with E-state index in [1.165, 1.54) is 0 Å². The van der Waals surface area contributed by atoms with Crippen LogP contribution in [0, 0.1) is 4.77 Å².